The predicted molar refractivity (Wildman–Crippen MR) is 108 cm³/mol. The standard InChI is InChI=1S/C20H37N5O2/c1-3-21-20(22-15-17-7-6-8-18(17)26)25-13-11-23(12-14-25)16(2)19(27)24-9-4-5-10-24/h16-18,26H,3-15H2,1-2H3,(H,21,22). The summed E-state index contributed by atoms with van der Waals surface area (Å²) in [5, 5.41) is 13.4. The van der Waals surface area contributed by atoms with Crippen LogP contribution in [-0.4, -0.2) is 96.2 Å². The fourth-order valence-electron chi connectivity index (χ4n) is 4.54. The zero-order chi connectivity index (χ0) is 19.2. The maximum Gasteiger partial charge on any atom is 0.239 e. The van der Waals surface area contributed by atoms with Gasteiger partial charge in [-0.15, -0.1) is 0 Å². The van der Waals surface area contributed by atoms with Gasteiger partial charge in [-0.05, 0) is 39.5 Å². The van der Waals surface area contributed by atoms with E-state index in [0.29, 0.717) is 12.5 Å². The number of carbonyl (C=O) groups is 1. The molecule has 1 saturated carbocycles. The van der Waals surface area contributed by atoms with E-state index in [-0.39, 0.29) is 18.1 Å². The third-order valence-electron chi connectivity index (χ3n) is 6.37. The summed E-state index contributed by atoms with van der Waals surface area (Å²) in [6.45, 7) is 11.1. The first kappa shape index (κ1) is 20.4. The number of piperazine rings is 1. The van der Waals surface area contributed by atoms with E-state index in [0.717, 1.165) is 83.9 Å². The van der Waals surface area contributed by atoms with Crippen LogP contribution in [0.2, 0.25) is 0 Å². The molecule has 0 spiro atoms. The van der Waals surface area contributed by atoms with Gasteiger partial charge in [0.25, 0.3) is 0 Å². The van der Waals surface area contributed by atoms with Crippen molar-refractivity contribution in [3.8, 4) is 0 Å². The van der Waals surface area contributed by atoms with E-state index in [4.69, 9.17) is 4.99 Å². The Labute approximate surface area is 163 Å². The second-order valence-corrected chi connectivity index (χ2v) is 8.18. The number of aliphatic hydroxyl groups is 1. The van der Waals surface area contributed by atoms with E-state index in [2.05, 4.69) is 29.0 Å². The first-order chi connectivity index (χ1) is 13.1. The molecule has 3 fully saturated rings. The third kappa shape index (κ3) is 5.13. The van der Waals surface area contributed by atoms with E-state index in [9.17, 15) is 9.90 Å². The van der Waals surface area contributed by atoms with Crippen LogP contribution in [0.4, 0.5) is 0 Å². The molecule has 0 aromatic heterocycles. The minimum absolute atomic E-state index is 0.0293. The summed E-state index contributed by atoms with van der Waals surface area (Å²) in [5.74, 6) is 1.55. The van der Waals surface area contributed by atoms with E-state index >= 15 is 0 Å². The van der Waals surface area contributed by atoms with E-state index in [1.807, 2.05) is 4.90 Å². The lowest BCUT2D eigenvalue weighted by Gasteiger charge is -2.39. The van der Waals surface area contributed by atoms with Crippen molar-refractivity contribution in [3.63, 3.8) is 0 Å². The largest absolute Gasteiger partial charge is 0.393 e. The van der Waals surface area contributed by atoms with Gasteiger partial charge in [0.1, 0.15) is 0 Å². The van der Waals surface area contributed by atoms with Gasteiger partial charge in [-0.25, -0.2) is 0 Å². The number of nitrogens with one attached hydrogen (secondary N) is 1. The van der Waals surface area contributed by atoms with Crippen molar-refractivity contribution in [1.82, 2.24) is 20.0 Å². The van der Waals surface area contributed by atoms with Crippen molar-refractivity contribution >= 4 is 11.9 Å². The van der Waals surface area contributed by atoms with Crippen LogP contribution in [0.25, 0.3) is 0 Å². The van der Waals surface area contributed by atoms with Crippen LogP contribution in [0.15, 0.2) is 4.99 Å². The third-order valence-corrected chi connectivity index (χ3v) is 6.37. The molecular formula is C20H37N5O2. The van der Waals surface area contributed by atoms with E-state index < -0.39 is 0 Å². The van der Waals surface area contributed by atoms with Gasteiger partial charge in [0.15, 0.2) is 5.96 Å². The normalized spacial score (nSPS) is 28.6. The monoisotopic (exact) mass is 379 g/mol. The highest BCUT2D eigenvalue weighted by molar-refractivity contribution is 5.82. The quantitative estimate of drug-likeness (QED) is 0.545. The van der Waals surface area contributed by atoms with Crippen molar-refractivity contribution in [1.29, 1.82) is 0 Å². The van der Waals surface area contributed by atoms with Crippen molar-refractivity contribution in [2.75, 3.05) is 52.4 Å². The fraction of sp³-hybridized carbons (Fsp3) is 0.900. The lowest BCUT2D eigenvalue weighted by Crippen LogP contribution is -2.57. The molecule has 1 aliphatic carbocycles. The molecule has 0 aromatic rings. The van der Waals surface area contributed by atoms with Gasteiger partial charge in [0.05, 0.1) is 12.1 Å². The summed E-state index contributed by atoms with van der Waals surface area (Å²) in [7, 11) is 0. The zero-order valence-corrected chi connectivity index (χ0v) is 17.1. The number of likely N-dealkylation sites (tertiary alicyclic amines) is 1. The molecule has 0 radical (unpaired) electrons. The number of aliphatic hydroxyl groups excluding tert-OH is 1. The number of hydrogen-bond donors (Lipinski definition) is 2. The van der Waals surface area contributed by atoms with Gasteiger partial charge in [0, 0.05) is 58.3 Å². The Morgan fingerprint density at radius 1 is 1.07 bits per heavy atom. The first-order valence-electron chi connectivity index (χ1n) is 10.8. The van der Waals surface area contributed by atoms with Gasteiger partial charge >= 0.3 is 0 Å². The molecule has 3 rings (SSSR count). The minimum atomic E-state index is -0.189. The Morgan fingerprint density at radius 3 is 2.37 bits per heavy atom. The van der Waals surface area contributed by atoms with E-state index in [1.54, 1.807) is 0 Å². The topological polar surface area (TPSA) is 71.4 Å². The summed E-state index contributed by atoms with van der Waals surface area (Å²) in [6.07, 6.45) is 5.20. The molecule has 3 unspecified atom stereocenters. The van der Waals surface area contributed by atoms with Crippen molar-refractivity contribution in [2.45, 2.75) is 58.1 Å². The van der Waals surface area contributed by atoms with Crippen LogP contribution in [-0.2, 0) is 4.79 Å². The Bertz CT molecular complexity index is 513. The fourth-order valence-corrected chi connectivity index (χ4v) is 4.54. The highest BCUT2D eigenvalue weighted by Gasteiger charge is 2.31. The maximum atomic E-state index is 12.7. The lowest BCUT2D eigenvalue weighted by atomic mass is 10.1. The molecule has 2 N–H and O–H groups in total. The summed E-state index contributed by atoms with van der Waals surface area (Å²) < 4.78 is 0. The first-order valence-corrected chi connectivity index (χ1v) is 10.8. The number of guanidine groups is 1. The van der Waals surface area contributed by atoms with Crippen LogP contribution in [0.3, 0.4) is 0 Å². The van der Waals surface area contributed by atoms with Crippen molar-refractivity contribution < 1.29 is 9.90 Å². The van der Waals surface area contributed by atoms with Gasteiger partial charge in [-0.3, -0.25) is 14.7 Å². The highest BCUT2D eigenvalue weighted by Crippen LogP contribution is 2.25. The van der Waals surface area contributed by atoms with Gasteiger partial charge in [-0.1, -0.05) is 6.42 Å². The second kappa shape index (κ2) is 9.73. The Balaban J connectivity index is 1.51. The summed E-state index contributed by atoms with van der Waals surface area (Å²) in [6, 6.07) is -0.0293. The van der Waals surface area contributed by atoms with Crippen molar-refractivity contribution in [3.05, 3.63) is 0 Å². The average molecular weight is 380 g/mol. The molecule has 154 valence electrons. The second-order valence-electron chi connectivity index (χ2n) is 8.18. The Hall–Kier alpha value is -1.34. The minimum Gasteiger partial charge on any atom is -0.393 e. The number of amides is 1. The van der Waals surface area contributed by atoms with Gasteiger partial charge in [-0.2, -0.15) is 0 Å². The van der Waals surface area contributed by atoms with Crippen molar-refractivity contribution in [2.24, 2.45) is 10.9 Å². The van der Waals surface area contributed by atoms with Gasteiger partial charge in [0.2, 0.25) is 5.91 Å². The molecular weight excluding hydrogens is 342 g/mol. The molecule has 0 bridgehead atoms. The number of nitrogens with zero attached hydrogens (tertiary/aromatic N) is 4. The van der Waals surface area contributed by atoms with Crippen LogP contribution in [0.1, 0.15) is 46.0 Å². The number of rotatable bonds is 5. The zero-order valence-electron chi connectivity index (χ0n) is 17.1. The molecule has 2 heterocycles. The van der Waals surface area contributed by atoms with Gasteiger partial charge < -0.3 is 20.2 Å². The SMILES string of the molecule is CCNC(=NCC1CCCC1O)N1CCN(C(C)C(=O)N2CCCC2)CC1. The summed E-state index contributed by atoms with van der Waals surface area (Å²) in [4.78, 5) is 24.1. The summed E-state index contributed by atoms with van der Waals surface area (Å²) >= 11 is 0. The average Bonchev–Trinajstić information content (AvgIpc) is 3.36. The summed E-state index contributed by atoms with van der Waals surface area (Å²) in [5.41, 5.74) is 0. The smallest absolute Gasteiger partial charge is 0.239 e. The van der Waals surface area contributed by atoms with Crippen LogP contribution >= 0.6 is 0 Å². The van der Waals surface area contributed by atoms with Crippen LogP contribution in [0, 0.1) is 5.92 Å². The molecule has 1 amide bonds. The Kier molecular flexibility index (Phi) is 7.35. The lowest BCUT2D eigenvalue weighted by molar-refractivity contribution is -0.135. The molecule has 7 heteroatoms. The molecule has 27 heavy (non-hydrogen) atoms. The maximum absolute atomic E-state index is 12.7. The van der Waals surface area contributed by atoms with Crippen LogP contribution in [0.5, 0.6) is 0 Å². The molecule has 2 aliphatic heterocycles. The number of hydrogen-bond acceptors (Lipinski definition) is 4. The molecule has 3 atom stereocenters. The van der Waals surface area contributed by atoms with E-state index in [1.165, 1.54) is 0 Å². The Morgan fingerprint density at radius 2 is 1.78 bits per heavy atom. The van der Waals surface area contributed by atoms with Crippen LogP contribution < -0.4 is 5.32 Å². The predicted octanol–water partition coefficient (Wildman–Crippen LogP) is 0.741. The number of carbonyl (C=O) groups excluding carboxylic acids is 1. The molecule has 3 aliphatic rings. The molecule has 2 saturated heterocycles. The molecule has 7 nitrogen and oxygen atoms in total. The molecule has 0 aromatic carbocycles. The highest BCUT2D eigenvalue weighted by atomic mass is 16.3. The number of aliphatic imine (C=N–C) groups is 1.